The lowest BCUT2D eigenvalue weighted by atomic mass is 9.87. The molecule has 6 nitrogen and oxygen atoms in total. The van der Waals surface area contributed by atoms with E-state index in [9.17, 15) is 9.18 Å². The predicted molar refractivity (Wildman–Crippen MR) is 151 cm³/mol. The van der Waals surface area contributed by atoms with Gasteiger partial charge in [-0.05, 0) is 53.0 Å². The van der Waals surface area contributed by atoms with Crippen LogP contribution < -0.4 is 10.1 Å². The number of benzene rings is 3. The molecule has 0 bridgehead atoms. The largest absolute Gasteiger partial charge is 0.492 e. The number of carbonyl (C=O) groups excluding carboxylic acids is 1. The molecule has 0 aliphatic carbocycles. The van der Waals surface area contributed by atoms with Crippen molar-refractivity contribution in [3.63, 3.8) is 0 Å². The number of amides is 1. The molecule has 39 heavy (non-hydrogen) atoms. The molecule has 0 aliphatic rings. The predicted octanol–water partition coefficient (Wildman–Crippen LogP) is 5.82. The molecule has 4 rings (SSSR count). The molecule has 8 heteroatoms. The van der Waals surface area contributed by atoms with Gasteiger partial charge in [0.2, 0.25) is 11.9 Å². The van der Waals surface area contributed by atoms with Gasteiger partial charge in [0.1, 0.15) is 18.2 Å². The van der Waals surface area contributed by atoms with Crippen LogP contribution in [0.3, 0.4) is 0 Å². The maximum absolute atomic E-state index is 15.7. The summed E-state index contributed by atoms with van der Waals surface area (Å²) < 4.78 is 35.8. The number of ether oxygens (including phenoxy) is 1. The number of likely N-dealkylation sites (N-methyl/N-ethyl adjacent to an activating group) is 1. The maximum Gasteiger partial charge on any atom is 0.245 e. The van der Waals surface area contributed by atoms with Crippen molar-refractivity contribution in [3.8, 4) is 5.75 Å². The average Bonchev–Trinajstić information content (AvgIpc) is 3.31. The summed E-state index contributed by atoms with van der Waals surface area (Å²) in [5, 5.41) is 9.85. The molecule has 3 aromatic carbocycles. The molecule has 1 aromatic heterocycles. The first kappa shape index (κ1) is 27.7. The molecular weight excluding hydrogens is 498 g/mol. The minimum absolute atomic E-state index is 0.0784. The number of aromatic nitrogens is 2. The van der Waals surface area contributed by atoms with Crippen molar-refractivity contribution in [1.82, 2.24) is 20.4 Å². The molecule has 0 saturated carbocycles. The number of H-pyrrole nitrogens is 1. The minimum Gasteiger partial charge on any atom is -0.492 e. The third-order valence-electron chi connectivity index (χ3n) is 6.29. The van der Waals surface area contributed by atoms with Crippen molar-refractivity contribution in [2.75, 3.05) is 33.8 Å². The van der Waals surface area contributed by atoms with Crippen LogP contribution >= 0.6 is 0 Å². The number of nitrogens with one attached hydrogen (secondary N) is 2. The van der Waals surface area contributed by atoms with E-state index in [-0.39, 0.29) is 5.91 Å². The topological polar surface area (TPSA) is 70.2 Å². The molecule has 0 spiro atoms. The van der Waals surface area contributed by atoms with E-state index in [1.807, 2.05) is 43.3 Å². The zero-order valence-electron chi connectivity index (χ0n) is 22.3. The fourth-order valence-corrected chi connectivity index (χ4v) is 4.31. The summed E-state index contributed by atoms with van der Waals surface area (Å²) in [6.45, 7) is 3.40. The van der Waals surface area contributed by atoms with Crippen molar-refractivity contribution >= 4 is 28.0 Å². The number of allylic oxidation sites excluding steroid dienone is 1. The van der Waals surface area contributed by atoms with Crippen LogP contribution in [0, 0.1) is 11.8 Å². The number of hydrogen-bond donors (Lipinski definition) is 2. The Balaban J connectivity index is 1.58. The SMILES string of the molecule is CCC(=C(c1ccc2n[nH]c(F)c2c1)c1ccc(OCCNCC=CC(=O)N(C)C)cc1F)c1ccccc1. The fraction of sp³-hybridized carbons (Fsp3) is 0.226. The van der Waals surface area contributed by atoms with E-state index in [0.29, 0.717) is 59.5 Å². The van der Waals surface area contributed by atoms with Crippen LogP contribution in [-0.4, -0.2) is 54.8 Å². The van der Waals surface area contributed by atoms with Crippen molar-refractivity contribution in [2.45, 2.75) is 13.3 Å². The highest BCUT2D eigenvalue weighted by Gasteiger charge is 2.18. The van der Waals surface area contributed by atoms with Gasteiger partial charge >= 0.3 is 0 Å². The second-order valence-electron chi connectivity index (χ2n) is 9.17. The second kappa shape index (κ2) is 13.0. The van der Waals surface area contributed by atoms with Gasteiger partial charge in [0.05, 0.1) is 10.9 Å². The summed E-state index contributed by atoms with van der Waals surface area (Å²) in [6, 6.07) is 19.9. The lowest BCUT2D eigenvalue weighted by molar-refractivity contribution is -0.123. The highest BCUT2D eigenvalue weighted by molar-refractivity contribution is 6.00. The van der Waals surface area contributed by atoms with Gasteiger partial charge in [-0.15, -0.1) is 0 Å². The van der Waals surface area contributed by atoms with E-state index in [0.717, 1.165) is 11.1 Å². The summed E-state index contributed by atoms with van der Waals surface area (Å²) in [4.78, 5) is 13.0. The zero-order chi connectivity index (χ0) is 27.8. The molecule has 0 atom stereocenters. The monoisotopic (exact) mass is 530 g/mol. The van der Waals surface area contributed by atoms with E-state index in [4.69, 9.17) is 4.74 Å². The Hall–Kier alpha value is -4.30. The summed E-state index contributed by atoms with van der Waals surface area (Å²) >= 11 is 0. The van der Waals surface area contributed by atoms with Gasteiger partial charge in [0.25, 0.3) is 0 Å². The summed E-state index contributed by atoms with van der Waals surface area (Å²) in [6.07, 6.45) is 3.89. The minimum atomic E-state index is -0.526. The molecule has 2 N–H and O–H groups in total. The quantitative estimate of drug-likeness (QED) is 0.146. The Morgan fingerprint density at radius 2 is 1.85 bits per heavy atom. The molecular formula is C31H32F2N4O2. The van der Waals surface area contributed by atoms with Crippen molar-refractivity contribution < 1.29 is 18.3 Å². The van der Waals surface area contributed by atoms with E-state index in [2.05, 4.69) is 15.5 Å². The number of aromatic amines is 1. The van der Waals surface area contributed by atoms with Crippen molar-refractivity contribution in [3.05, 3.63) is 107 Å². The standard InChI is InChI=1S/C31H32F2N4O2/c1-4-24(21-9-6-5-7-10-21)30(22-12-15-28-26(19-22)31(33)36-35-28)25-14-13-23(20-27(25)32)39-18-17-34-16-8-11-29(38)37(2)3/h5-15,19-20,34H,4,16-18H2,1-3H3,(H,35,36). The van der Waals surface area contributed by atoms with Crippen LogP contribution in [0.1, 0.15) is 30.0 Å². The number of nitrogens with zero attached hydrogens (tertiary/aromatic N) is 2. The molecule has 0 fully saturated rings. The third-order valence-corrected chi connectivity index (χ3v) is 6.29. The normalized spacial score (nSPS) is 12.1. The average molecular weight is 531 g/mol. The fourth-order valence-electron chi connectivity index (χ4n) is 4.31. The van der Waals surface area contributed by atoms with Crippen LogP contribution in [-0.2, 0) is 4.79 Å². The van der Waals surface area contributed by atoms with E-state index >= 15 is 4.39 Å². The number of fused-ring (bicyclic) bond motifs is 1. The van der Waals surface area contributed by atoms with E-state index < -0.39 is 11.8 Å². The molecule has 0 unspecified atom stereocenters. The molecule has 1 amide bonds. The van der Waals surface area contributed by atoms with Gasteiger partial charge in [0, 0.05) is 44.9 Å². The smallest absolute Gasteiger partial charge is 0.245 e. The van der Waals surface area contributed by atoms with Crippen LogP contribution in [0.2, 0.25) is 0 Å². The summed E-state index contributed by atoms with van der Waals surface area (Å²) in [5.41, 5.74) is 4.20. The Labute approximate surface area is 227 Å². The number of hydrogen-bond acceptors (Lipinski definition) is 4. The lowest BCUT2D eigenvalue weighted by Crippen LogP contribution is -2.22. The second-order valence-corrected chi connectivity index (χ2v) is 9.17. The van der Waals surface area contributed by atoms with Gasteiger partial charge in [0.15, 0.2) is 0 Å². The molecule has 0 radical (unpaired) electrons. The molecule has 1 heterocycles. The molecule has 4 aromatic rings. The van der Waals surface area contributed by atoms with Gasteiger partial charge in [-0.1, -0.05) is 49.4 Å². The van der Waals surface area contributed by atoms with E-state index in [1.54, 1.807) is 44.4 Å². The maximum atomic E-state index is 15.7. The number of halogens is 2. The first-order chi connectivity index (χ1) is 18.9. The van der Waals surface area contributed by atoms with Gasteiger partial charge < -0.3 is 15.0 Å². The Morgan fingerprint density at radius 1 is 1.05 bits per heavy atom. The summed E-state index contributed by atoms with van der Waals surface area (Å²) in [5.74, 6) is -0.632. The van der Waals surface area contributed by atoms with Gasteiger partial charge in [-0.2, -0.15) is 9.49 Å². The number of rotatable bonds is 11. The van der Waals surface area contributed by atoms with E-state index in [1.165, 1.54) is 17.0 Å². The highest BCUT2D eigenvalue weighted by Crippen LogP contribution is 2.37. The first-order valence-corrected chi connectivity index (χ1v) is 12.8. The highest BCUT2D eigenvalue weighted by atomic mass is 19.1. The molecule has 0 aliphatic heterocycles. The first-order valence-electron chi connectivity index (χ1n) is 12.8. The summed E-state index contributed by atoms with van der Waals surface area (Å²) in [7, 11) is 3.39. The Kier molecular flexibility index (Phi) is 9.22. The van der Waals surface area contributed by atoms with Crippen LogP contribution in [0.5, 0.6) is 5.75 Å². The van der Waals surface area contributed by atoms with Crippen LogP contribution in [0.25, 0.3) is 22.0 Å². The van der Waals surface area contributed by atoms with Gasteiger partial charge in [-0.25, -0.2) is 4.39 Å². The van der Waals surface area contributed by atoms with Crippen LogP contribution in [0.15, 0.2) is 78.9 Å². The molecule has 202 valence electrons. The third kappa shape index (κ3) is 6.78. The van der Waals surface area contributed by atoms with Crippen LogP contribution in [0.4, 0.5) is 8.78 Å². The van der Waals surface area contributed by atoms with Crippen molar-refractivity contribution in [1.29, 1.82) is 0 Å². The van der Waals surface area contributed by atoms with Gasteiger partial charge in [-0.3, -0.25) is 9.89 Å². The van der Waals surface area contributed by atoms with Crippen molar-refractivity contribution in [2.24, 2.45) is 0 Å². The Morgan fingerprint density at radius 3 is 2.56 bits per heavy atom. The Bertz CT molecular complexity index is 1490. The zero-order valence-corrected chi connectivity index (χ0v) is 22.3. The lowest BCUT2D eigenvalue weighted by Gasteiger charge is -2.18. The molecule has 0 saturated heterocycles. The number of carbonyl (C=O) groups is 1.